The van der Waals surface area contributed by atoms with Gasteiger partial charge in [0.15, 0.2) is 0 Å². The number of methoxy groups -OCH3 is 1. The van der Waals surface area contributed by atoms with Crippen LogP contribution in [0.1, 0.15) is 37.0 Å². The molecule has 0 aliphatic heterocycles. The Balaban J connectivity index is 2.81. The van der Waals surface area contributed by atoms with Gasteiger partial charge in [0.05, 0.1) is 24.1 Å². The lowest BCUT2D eigenvalue weighted by atomic mass is 10.1. The summed E-state index contributed by atoms with van der Waals surface area (Å²) in [5.74, 6) is 0.00586. The molecular weight excluding hydrogens is 290 g/mol. The molecule has 1 aromatic carbocycles. The summed E-state index contributed by atoms with van der Waals surface area (Å²) in [4.78, 5) is 25.5. The van der Waals surface area contributed by atoms with Crippen LogP contribution in [0.3, 0.4) is 0 Å². The first-order chi connectivity index (χ1) is 9.95. The fraction of sp³-hybridized carbons (Fsp3) is 0.500. The SMILES string of the molecule is COC(=O)CCN(CCC(C)C)C(=O)c1ccccc1Cl. The van der Waals surface area contributed by atoms with Gasteiger partial charge in [0.25, 0.3) is 5.91 Å². The quantitative estimate of drug-likeness (QED) is 0.725. The predicted molar refractivity (Wildman–Crippen MR) is 83.4 cm³/mol. The summed E-state index contributed by atoms with van der Waals surface area (Å²) in [5, 5.41) is 0.426. The van der Waals surface area contributed by atoms with Crippen LogP contribution < -0.4 is 0 Å². The van der Waals surface area contributed by atoms with Crippen molar-refractivity contribution in [3.8, 4) is 0 Å². The molecule has 116 valence electrons. The molecule has 0 aliphatic carbocycles. The minimum absolute atomic E-state index is 0.148. The number of rotatable bonds is 7. The van der Waals surface area contributed by atoms with Gasteiger partial charge in [-0.05, 0) is 24.5 Å². The number of carbonyl (C=O) groups is 2. The molecule has 0 saturated heterocycles. The molecule has 5 heteroatoms. The van der Waals surface area contributed by atoms with Crippen molar-refractivity contribution >= 4 is 23.5 Å². The number of benzene rings is 1. The number of esters is 1. The summed E-state index contributed by atoms with van der Waals surface area (Å²) in [7, 11) is 1.34. The minimum Gasteiger partial charge on any atom is -0.469 e. The number of hydrogen-bond acceptors (Lipinski definition) is 3. The topological polar surface area (TPSA) is 46.6 Å². The predicted octanol–water partition coefficient (Wildman–Crippen LogP) is 3.39. The van der Waals surface area contributed by atoms with Crippen molar-refractivity contribution in [3.05, 3.63) is 34.9 Å². The smallest absolute Gasteiger partial charge is 0.307 e. The van der Waals surface area contributed by atoms with Crippen molar-refractivity contribution < 1.29 is 14.3 Å². The molecule has 0 saturated carbocycles. The first kappa shape index (κ1) is 17.5. The fourth-order valence-electron chi connectivity index (χ4n) is 1.86. The van der Waals surface area contributed by atoms with Gasteiger partial charge in [-0.1, -0.05) is 37.6 Å². The second kappa shape index (κ2) is 8.67. The second-order valence-electron chi connectivity index (χ2n) is 5.28. The van der Waals surface area contributed by atoms with Crippen molar-refractivity contribution in [2.45, 2.75) is 26.7 Å². The van der Waals surface area contributed by atoms with E-state index in [0.717, 1.165) is 6.42 Å². The van der Waals surface area contributed by atoms with E-state index in [1.165, 1.54) is 7.11 Å². The first-order valence-corrected chi connectivity index (χ1v) is 7.44. The molecule has 0 fully saturated rings. The van der Waals surface area contributed by atoms with Gasteiger partial charge in [0, 0.05) is 13.1 Å². The highest BCUT2D eigenvalue weighted by atomic mass is 35.5. The van der Waals surface area contributed by atoms with E-state index in [9.17, 15) is 9.59 Å². The molecule has 0 spiro atoms. The zero-order valence-corrected chi connectivity index (χ0v) is 13.5. The monoisotopic (exact) mass is 311 g/mol. The van der Waals surface area contributed by atoms with Crippen LogP contribution in [0.4, 0.5) is 0 Å². The standard InChI is InChI=1S/C16H22ClNO3/c1-12(2)8-10-18(11-9-15(19)21-3)16(20)13-6-4-5-7-14(13)17/h4-7,12H,8-11H2,1-3H3. The molecule has 4 nitrogen and oxygen atoms in total. The Bertz CT molecular complexity index is 488. The normalized spacial score (nSPS) is 10.5. The molecule has 0 atom stereocenters. The summed E-state index contributed by atoms with van der Waals surface area (Å²) in [5.41, 5.74) is 0.466. The lowest BCUT2D eigenvalue weighted by molar-refractivity contribution is -0.140. The van der Waals surface area contributed by atoms with Gasteiger partial charge in [-0.2, -0.15) is 0 Å². The van der Waals surface area contributed by atoms with E-state index in [1.54, 1.807) is 29.2 Å². The minimum atomic E-state index is -0.323. The molecule has 1 rings (SSSR count). The van der Waals surface area contributed by atoms with Crippen LogP contribution in [-0.4, -0.2) is 37.0 Å². The van der Waals surface area contributed by atoms with E-state index in [-0.39, 0.29) is 18.3 Å². The Morgan fingerprint density at radius 2 is 1.90 bits per heavy atom. The largest absolute Gasteiger partial charge is 0.469 e. The maximum atomic E-state index is 12.6. The summed E-state index contributed by atoms with van der Waals surface area (Å²) < 4.78 is 4.63. The third kappa shape index (κ3) is 5.76. The zero-order valence-electron chi connectivity index (χ0n) is 12.8. The van der Waals surface area contributed by atoms with Crippen molar-refractivity contribution in [2.24, 2.45) is 5.92 Å². The molecule has 0 aromatic heterocycles. The third-order valence-electron chi connectivity index (χ3n) is 3.18. The number of carbonyl (C=O) groups excluding carboxylic acids is 2. The van der Waals surface area contributed by atoms with Gasteiger partial charge in [0.2, 0.25) is 0 Å². The van der Waals surface area contributed by atoms with Gasteiger partial charge < -0.3 is 9.64 Å². The number of nitrogens with zero attached hydrogens (tertiary/aromatic N) is 1. The molecule has 0 N–H and O–H groups in total. The van der Waals surface area contributed by atoms with Crippen molar-refractivity contribution in [2.75, 3.05) is 20.2 Å². The molecule has 0 aliphatic rings. The second-order valence-corrected chi connectivity index (χ2v) is 5.69. The van der Waals surface area contributed by atoms with Crippen LogP contribution in [0.5, 0.6) is 0 Å². The van der Waals surface area contributed by atoms with Crippen LogP contribution in [0.25, 0.3) is 0 Å². The lowest BCUT2D eigenvalue weighted by Gasteiger charge is -2.23. The average molecular weight is 312 g/mol. The third-order valence-corrected chi connectivity index (χ3v) is 3.51. The molecule has 0 unspecified atom stereocenters. The number of amides is 1. The van der Waals surface area contributed by atoms with Crippen LogP contribution in [0, 0.1) is 5.92 Å². The van der Waals surface area contributed by atoms with Gasteiger partial charge in [0.1, 0.15) is 0 Å². The van der Waals surface area contributed by atoms with E-state index in [0.29, 0.717) is 29.6 Å². The molecule has 21 heavy (non-hydrogen) atoms. The van der Waals surface area contributed by atoms with Crippen LogP contribution >= 0.6 is 11.6 Å². The highest BCUT2D eigenvalue weighted by molar-refractivity contribution is 6.33. The molecule has 0 bridgehead atoms. The summed E-state index contributed by atoms with van der Waals surface area (Å²) >= 11 is 6.08. The fourth-order valence-corrected chi connectivity index (χ4v) is 2.08. The van der Waals surface area contributed by atoms with Gasteiger partial charge in [-0.15, -0.1) is 0 Å². The lowest BCUT2D eigenvalue weighted by Crippen LogP contribution is -2.34. The highest BCUT2D eigenvalue weighted by Crippen LogP contribution is 2.18. The van der Waals surface area contributed by atoms with E-state index >= 15 is 0 Å². The molecule has 1 amide bonds. The number of halogens is 1. The highest BCUT2D eigenvalue weighted by Gasteiger charge is 2.19. The zero-order chi connectivity index (χ0) is 15.8. The van der Waals surface area contributed by atoms with Crippen molar-refractivity contribution in [1.29, 1.82) is 0 Å². The number of ether oxygens (including phenoxy) is 1. The summed E-state index contributed by atoms with van der Waals surface area (Å²) in [6.45, 7) is 5.12. The maximum Gasteiger partial charge on any atom is 0.307 e. The van der Waals surface area contributed by atoms with Crippen LogP contribution in [0.15, 0.2) is 24.3 Å². The maximum absolute atomic E-state index is 12.6. The van der Waals surface area contributed by atoms with Gasteiger partial charge in [-0.3, -0.25) is 9.59 Å². The Kier molecular flexibility index (Phi) is 7.23. The van der Waals surface area contributed by atoms with Crippen molar-refractivity contribution in [3.63, 3.8) is 0 Å². The van der Waals surface area contributed by atoms with Crippen LogP contribution in [-0.2, 0) is 9.53 Å². The van der Waals surface area contributed by atoms with E-state index in [2.05, 4.69) is 18.6 Å². The first-order valence-electron chi connectivity index (χ1n) is 7.06. The Morgan fingerprint density at radius 1 is 1.24 bits per heavy atom. The summed E-state index contributed by atoms with van der Waals surface area (Å²) in [6, 6.07) is 6.95. The number of hydrogen-bond donors (Lipinski definition) is 0. The van der Waals surface area contributed by atoms with Gasteiger partial charge >= 0.3 is 5.97 Å². The molecule has 1 aromatic rings. The summed E-state index contributed by atoms with van der Waals surface area (Å²) in [6.07, 6.45) is 1.06. The molecular formula is C16H22ClNO3. The Hall–Kier alpha value is -1.55. The van der Waals surface area contributed by atoms with Crippen LogP contribution in [0.2, 0.25) is 5.02 Å². The van der Waals surface area contributed by atoms with Crippen molar-refractivity contribution in [1.82, 2.24) is 4.90 Å². The average Bonchev–Trinajstić information content (AvgIpc) is 2.46. The van der Waals surface area contributed by atoms with Gasteiger partial charge in [-0.25, -0.2) is 0 Å². The van der Waals surface area contributed by atoms with E-state index < -0.39 is 0 Å². The molecule has 0 heterocycles. The van der Waals surface area contributed by atoms with E-state index in [4.69, 9.17) is 11.6 Å². The Morgan fingerprint density at radius 3 is 2.48 bits per heavy atom. The Labute approximate surface area is 131 Å². The molecule has 0 radical (unpaired) electrons. The van der Waals surface area contributed by atoms with E-state index in [1.807, 2.05) is 0 Å².